The molecule has 1 rings (SSSR count). The van der Waals surface area contributed by atoms with Crippen LogP contribution in [-0.4, -0.2) is 28.1 Å². The highest BCUT2D eigenvalue weighted by Gasteiger charge is 2.09. The van der Waals surface area contributed by atoms with Crippen molar-refractivity contribution in [1.29, 1.82) is 0 Å². The summed E-state index contributed by atoms with van der Waals surface area (Å²) in [6.07, 6.45) is 1.10. The summed E-state index contributed by atoms with van der Waals surface area (Å²) in [7, 11) is 0. The summed E-state index contributed by atoms with van der Waals surface area (Å²) in [5, 5.41) is 13.6. The Labute approximate surface area is 104 Å². The van der Waals surface area contributed by atoms with Crippen molar-refractivity contribution in [3.05, 3.63) is 17.0 Å². The zero-order valence-corrected chi connectivity index (χ0v) is 11.4. The second-order valence-electron chi connectivity index (χ2n) is 4.83. The van der Waals surface area contributed by atoms with Crippen LogP contribution in [0, 0.1) is 19.8 Å². The lowest BCUT2D eigenvalue weighted by molar-refractivity contribution is 0.113. The Kier molecular flexibility index (Phi) is 5.65. The third-order valence-electron chi connectivity index (χ3n) is 2.98. The van der Waals surface area contributed by atoms with Gasteiger partial charge in [0.05, 0.1) is 25.5 Å². The molecule has 0 aromatic carbocycles. The van der Waals surface area contributed by atoms with Crippen molar-refractivity contribution in [1.82, 2.24) is 9.78 Å². The monoisotopic (exact) mass is 240 g/mol. The first-order valence-corrected chi connectivity index (χ1v) is 6.27. The summed E-state index contributed by atoms with van der Waals surface area (Å²) in [5.74, 6) is 0.685. The van der Waals surface area contributed by atoms with Crippen LogP contribution in [0.1, 0.15) is 37.2 Å². The highest BCUT2D eigenvalue weighted by Crippen LogP contribution is 2.12. The van der Waals surface area contributed by atoms with Crippen molar-refractivity contribution < 1.29 is 9.84 Å². The minimum absolute atomic E-state index is 0.0614. The molecule has 98 valence electrons. The van der Waals surface area contributed by atoms with Crippen LogP contribution < -0.4 is 0 Å². The van der Waals surface area contributed by atoms with Gasteiger partial charge in [0, 0.05) is 17.9 Å². The molecule has 0 aliphatic rings. The average molecular weight is 240 g/mol. The van der Waals surface area contributed by atoms with Crippen molar-refractivity contribution in [2.24, 2.45) is 5.92 Å². The summed E-state index contributed by atoms with van der Waals surface area (Å²) in [5.41, 5.74) is 2.89. The van der Waals surface area contributed by atoms with Gasteiger partial charge in [0.2, 0.25) is 0 Å². The Morgan fingerprint density at radius 3 is 2.53 bits per heavy atom. The second-order valence-corrected chi connectivity index (χ2v) is 4.83. The van der Waals surface area contributed by atoms with Crippen LogP contribution in [0.15, 0.2) is 0 Å². The maximum atomic E-state index is 9.20. The topological polar surface area (TPSA) is 47.3 Å². The fourth-order valence-corrected chi connectivity index (χ4v) is 1.75. The number of rotatable bonds is 7. The third kappa shape index (κ3) is 4.13. The first kappa shape index (κ1) is 14.2. The number of aromatic nitrogens is 2. The van der Waals surface area contributed by atoms with Crippen molar-refractivity contribution in [2.75, 3.05) is 13.2 Å². The van der Waals surface area contributed by atoms with Crippen LogP contribution in [0.2, 0.25) is 0 Å². The van der Waals surface area contributed by atoms with Gasteiger partial charge in [-0.15, -0.1) is 0 Å². The molecule has 4 heteroatoms. The van der Waals surface area contributed by atoms with E-state index in [1.54, 1.807) is 0 Å². The molecular weight excluding hydrogens is 216 g/mol. The second kappa shape index (κ2) is 6.77. The van der Waals surface area contributed by atoms with Crippen LogP contribution in [0.3, 0.4) is 0 Å². The number of hydrogen-bond donors (Lipinski definition) is 1. The molecule has 0 saturated heterocycles. The van der Waals surface area contributed by atoms with Crippen molar-refractivity contribution in [3.8, 4) is 0 Å². The number of nitrogens with zero attached hydrogens (tertiary/aromatic N) is 2. The number of hydrogen-bond acceptors (Lipinski definition) is 3. The zero-order chi connectivity index (χ0) is 12.8. The minimum atomic E-state index is 0.0614. The van der Waals surface area contributed by atoms with Crippen molar-refractivity contribution in [2.45, 2.75) is 47.3 Å². The summed E-state index contributed by atoms with van der Waals surface area (Å²) >= 11 is 0. The van der Waals surface area contributed by atoms with Gasteiger partial charge in [-0.25, -0.2) is 0 Å². The summed E-state index contributed by atoms with van der Waals surface area (Å²) < 4.78 is 7.48. The lowest BCUT2D eigenvalue weighted by Crippen LogP contribution is -2.10. The molecular formula is C13H24N2O2. The molecule has 0 aliphatic carbocycles. The van der Waals surface area contributed by atoms with Gasteiger partial charge >= 0.3 is 0 Å². The van der Waals surface area contributed by atoms with Gasteiger partial charge in [0.25, 0.3) is 0 Å². The Hall–Kier alpha value is -0.870. The summed E-state index contributed by atoms with van der Waals surface area (Å²) in [6.45, 7) is 10.6. The van der Waals surface area contributed by atoms with Gasteiger partial charge in [-0.2, -0.15) is 5.10 Å². The Morgan fingerprint density at radius 2 is 2.00 bits per heavy atom. The van der Waals surface area contributed by atoms with E-state index in [2.05, 4.69) is 18.9 Å². The first-order valence-electron chi connectivity index (χ1n) is 6.27. The largest absolute Gasteiger partial charge is 0.392 e. The quantitative estimate of drug-likeness (QED) is 0.742. The van der Waals surface area contributed by atoms with Gasteiger partial charge in [0.15, 0.2) is 0 Å². The predicted octanol–water partition coefficient (Wildman–Crippen LogP) is 2.05. The molecule has 0 fully saturated rings. The molecule has 17 heavy (non-hydrogen) atoms. The van der Waals surface area contributed by atoms with Crippen LogP contribution in [-0.2, 0) is 17.9 Å². The predicted molar refractivity (Wildman–Crippen MR) is 67.9 cm³/mol. The van der Waals surface area contributed by atoms with Gasteiger partial charge < -0.3 is 9.84 Å². The van der Waals surface area contributed by atoms with E-state index >= 15 is 0 Å². The van der Waals surface area contributed by atoms with Crippen LogP contribution >= 0.6 is 0 Å². The smallest absolute Gasteiger partial charge is 0.0718 e. The van der Waals surface area contributed by atoms with E-state index in [9.17, 15) is 5.11 Å². The van der Waals surface area contributed by atoms with Gasteiger partial charge in [-0.3, -0.25) is 4.68 Å². The molecule has 0 amide bonds. The van der Waals surface area contributed by atoms with Gasteiger partial charge in [-0.1, -0.05) is 13.8 Å². The van der Waals surface area contributed by atoms with E-state index in [-0.39, 0.29) is 6.61 Å². The standard InChI is InChI=1S/C13H24N2O2/c1-10(2)5-7-17-8-6-15-12(4)13(9-16)11(3)14-15/h10,16H,5-9H2,1-4H3. The summed E-state index contributed by atoms with van der Waals surface area (Å²) in [4.78, 5) is 0. The zero-order valence-electron chi connectivity index (χ0n) is 11.4. The van der Waals surface area contributed by atoms with E-state index in [1.165, 1.54) is 0 Å². The Balaban J connectivity index is 2.37. The molecule has 0 saturated carbocycles. The lowest BCUT2D eigenvalue weighted by Gasteiger charge is -2.08. The number of aryl methyl sites for hydroxylation is 1. The minimum Gasteiger partial charge on any atom is -0.392 e. The molecule has 4 nitrogen and oxygen atoms in total. The number of ether oxygens (including phenoxy) is 1. The maximum Gasteiger partial charge on any atom is 0.0718 e. The van der Waals surface area contributed by atoms with E-state index in [0.717, 1.165) is 36.5 Å². The normalized spacial score (nSPS) is 11.4. The van der Waals surface area contributed by atoms with Crippen molar-refractivity contribution >= 4 is 0 Å². The molecule has 1 aromatic heterocycles. The van der Waals surface area contributed by atoms with E-state index < -0.39 is 0 Å². The lowest BCUT2D eigenvalue weighted by atomic mass is 10.1. The fraction of sp³-hybridized carbons (Fsp3) is 0.769. The molecule has 0 unspecified atom stereocenters. The SMILES string of the molecule is Cc1nn(CCOCCC(C)C)c(C)c1CO. The molecule has 0 radical (unpaired) electrons. The van der Waals surface area contributed by atoms with Crippen LogP contribution in [0.25, 0.3) is 0 Å². The average Bonchev–Trinajstić information content (AvgIpc) is 2.53. The van der Waals surface area contributed by atoms with Gasteiger partial charge in [0.1, 0.15) is 0 Å². The molecule has 1 aromatic rings. The van der Waals surface area contributed by atoms with E-state index in [0.29, 0.717) is 12.5 Å². The molecule has 0 atom stereocenters. The van der Waals surface area contributed by atoms with Crippen LogP contribution in [0.5, 0.6) is 0 Å². The highest BCUT2D eigenvalue weighted by molar-refractivity contribution is 5.23. The van der Waals surface area contributed by atoms with Crippen LogP contribution in [0.4, 0.5) is 0 Å². The molecule has 0 aliphatic heterocycles. The molecule has 1 N–H and O–H groups in total. The third-order valence-corrected chi connectivity index (χ3v) is 2.98. The van der Waals surface area contributed by atoms with Gasteiger partial charge in [-0.05, 0) is 26.2 Å². The van der Waals surface area contributed by atoms with Crippen molar-refractivity contribution in [3.63, 3.8) is 0 Å². The maximum absolute atomic E-state index is 9.20. The fourth-order valence-electron chi connectivity index (χ4n) is 1.75. The van der Waals surface area contributed by atoms with E-state index in [4.69, 9.17) is 4.74 Å². The number of aliphatic hydroxyl groups excluding tert-OH is 1. The molecule has 0 spiro atoms. The Morgan fingerprint density at radius 1 is 1.29 bits per heavy atom. The molecule has 0 bridgehead atoms. The highest BCUT2D eigenvalue weighted by atomic mass is 16.5. The summed E-state index contributed by atoms with van der Waals surface area (Å²) in [6, 6.07) is 0. The first-order chi connectivity index (χ1) is 8.06. The van der Waals surface area contributed by atoms with E-state index in [1.807, 2.05) is 18.5 Å². The Bertz CT molecular complexity index is 345. The number of aliphatic hydroxyl groups is 1. The molecule has 1 heterocycles.